The van der Waals surface area contributed by atoms with Crippen LogP contribution in [-0.2, 0) is 28.4 Å². The van der Waals surface area contributed by atoms with E-state index in [1.807, 2.05) is 0 Å². The van der Waals surface area contributed by atoms with Crippen molar-refractivity contribution in [1.29, 1.82) is 0 Å². The average molecular weight is 734 g/mol. The van der Waals surface area contributed by atoms with Gasteiger partial charge >= 0.3 is 29.2 Å². The second kappa shape index (κ2) is 17.8. The van der Waals surface area contributed by atoms with Crippen molar-refractivity contribution >= 4 is 40.9 Å². The molecule has 0 aliphatic carbocycles. The lowest BCUT2D eigenvalue weighted by atomic mass is 9.97. The zero-order valence-electron chi connectivity index (χ0n) is 27.8. The van der Waals surface area contributed by atoms with Crippen molar-refractivity contribution in [3.8, 4) is 0 Å². The molecule has 0 bridgehead atoms. The fourth-order valence-electron chi connectivity index (χ4n) is 5.23. The molecule has 0 spiro atoms. The number of thioether (sulfide) groups is 1. The van der Waals surface area contributed by atoms with Crippen LogP contribution < -0.4 is 0 Å². The summed E-state index contributed by atoms with van der Waals surface area (Å²) < 4.78 is 35.4. The molecule has 0 N–H and O–H groups in total. The fraction of sp³-hybridized carbons (Fsp3) is 0.150. The van der Waals surface area contributed by atoms with Crippen molar-refractivity contribution in [1.82, 2.24) is 4.98 Å². The van der Waals surface area contributed by atoms with E-state index in [9.17, 15) is 24.0 Å². The van der Waals surface area contributed by atoms with Gasteiger partial charge in [-0.05, 0) is 60.7 Å². The Morgan fingerprint density at radius 2 is 0.943 bits per heavy atom. The first-order valence-electron chi connectivity index (χ1n) is 16.3. The van der Waals surface area contributed by atoms with Gasteiger partial charge in [0, 0.05) is 18.0 Å². The van der Waals surface area contributed by atoms with Gasteiger partial charge in [0.25, 0.3) is 0 Å². The minimum Gasteiger partial charge on any atom is -0.459 e. The molecular formula is C40H31NO11S. The Kier molecular flexibility index (Phi) is 12.2. The number of aromatic nitrogens is 1. The summed E-state index contributed by atoms with van der Waals surface area (Å²) in [6.07, 6.45) is -6.67. The number of pyridine rings is 1. The summed E-state index contributed by atoms with van der Waals surface area (Å²) in [5, 5.41) is -0.622. The predicted molar refractivity (Wildman–Crippen MR) is 189 cm³/mol. The number of carbonyl (C=O) groups is 5. The Morgan fingerprint density at radius 1 is 0.509 bits per heavy atom. The molecule has 13 heteroatoms. The van der Waals surface area contributed by atoms with E-state index < -0.39 is 66.5 Å². The lowest BCUT2D eigenvalue weighted by Gasteiger charge is -2.43. The molecule has 0 unspecified atom stereocenters. The van der Waals surface area contributed by atoms with Gasteiger partial charge in [0.2, 0.25) is 12.4 Å². The first-order valence-corrected chi connectivity index (χ1v) is 17.1. The van der Waals surface area contributed by atoms with E-state index in [0.717, 1.165) is 0 Å². The highest BCUT2D eigenvalue weighted by molar-refractivity contribution is 8.13. The van der Waals surface area contributed by atoms with E-state index in [1.54, 1.807) is 103 Å². The van der Waals surface area contributed by atoms with Crippen LogP contribution in [0.3, 0.4) is 0 Å². The summed E-state index contributed by atoms with van der Waals surface area (Å²) in [5.41, 5.74) is 0.591. The third-order valence-electron chi connectivity index (χ3n) is 7.78. The molecule has 1 saturated heterocycles. The quantitative estimate of drug-likeness (QED) is 0.0818. The molecule has 0 radical (unpaired) electrons. The Balaban J connectivity index is 1.40. The maximum atomic E-state index is 13.7. The minimum absolute atomic E-state index is 0.116. The number of hydrogen-bond acceptors (Lipinski definition) is 13. The van der Waals surface area contributed by atoms with Gasteiger partial charge in [-0.25, -0.2) is 29.0 Å². The van der Waals surface area contributed by atoms with E-state index >= 15 is 0 Å². The van der Waals surface area contributed by atoms with Gasteiger partial charge in [-0.1, -0.05) is 78.9 Å². The molecule has 1 fully saturated rings. The zero-order valence-corrected chi connectivity index (χ0v) is 28.6. The Labute approximate surface area is 307 Å². The summed E-state index contributed by atoms with van der Waals surface area (Å²) in [5.74, 6) is -3.36. The average Bonchev–Trinajstić information content (AvgIpc) is 3.20. The van der Waals surface area contributed by atoms with E-state index in [-0.39, 0.29) is 22.3 Å². The summed E-state index contributed by atoms with van der Waals surface area (Å²) in [4.78, 5) is 71.4. The topological polar surface area (TPSA) is 154 Å². The normalized spacial score (nSPS) is 19.2. The van der Waals surface area contributed by atoms with Gasteiger partial charge in [0.05, 0.1) is 22.3 Å². The van der Waals surface area contributed by atoms with Crippen LogP contribution in [0.25, 0.3) is 0 Å². The lowest BCUT2D eigenvalue weighted by molar-refractivity contribution is -0.280. The first-order chi connectivity index (χ1) is 25.9. The fourth-order valence-corrected chi connectivity index (χ4v) is 5.81. The van der Waals surface area contributed by atoms with Gasteiger partial charge in [-0.3, -0.25) is 0 Å². The van der Waals surface area contributed by atoms with E-state index in [1.165, 1.54) is 42.6 Å². The number of rotatable bonds is 11. The highest BCUT2D eigenvalue weighted by atomic mass is 32.2. The summed E-state index contributed by atoms with van der Waals surface area (Å²) in [6.45, 7) is -0.569. The molecule has 2 heterocycles. The molecule has 0 amide bonds. The number of ether oxygens (including phenoxy) is 6. The molecule has 5 atom stereocenters. The summed E-state index contributed by atoms with van der Waals surface area (Å²) >= 11 is 0.621. The number of esters is 4. The van der Waals surface area contributed by atoms with Crippen LogP contribution in [0.15, 0.2) is 151 Å². The second-order valence-electron chi connectivity index (χ2n) is 11.4. The van der Waals surface area contributed by atoms with Crippen molar-refractivity contribution < 1.29 is 52.4 Å². The molecular weight excluding hydrogens is 703 g/mol. The number of nitrogens with zero attached hydrogens (tertiary/aromatic N) is 1. The van der Waals surface area contributed by atoms with Crippen LogP contribution in [0.4, 0.5) is 4.79 Å². The van der Waals surface area contributed by atoms with Crippen molar-refractivity contribution in [2.75, 3.05) is 6.61 Å². The Hall–Kier alpha value is -6.31. The third-order valence-corrected chi connectivity index (χ3v) is 8.49. The molecule has 12 nitrogen and oxygen atoms in total. The van der Waals surface area contributed by atoms with E-state index in [0.29, 0.717) is 16.8 Å². The monoisotopic (exact) mass is 733 g/mol. The molecule has 1 aliphatic heterocycles. The molecule has 5 aromatic rings. The largest absolute Gasteiger partial charge is 0.459 e. The van der Waals surface area contributed by atoms with Crippen LogP contribution >= 0.6 is 11.8 Å². The zero-order chi connectivity index (χ0) is 37.0. The molecule has 53 heavy (non-hydrogen) atoms. The van der Waals surface area contributed by atoms with Crippen molar-refractivity contribution in [2.24, 2.45) is 0 Å². The van der Waals surface area contributed by atoms with Gasteiger partial charge < -0.3 is 28.4 Å². The minimum atomic E-state index is -1.77. The van der Waals surface area contributed by atoms with Gasteiger partial charge in [0.1, 0.15) is 17.7 Å². The van der Waals surface area contributed by atoms with Gasteiger partial charge in [-0.15, -0.1) is 0 Å². The first kappa shape index (κ1) is 36.5. The van der Waals surface area contributed by atoms with Crippen LogP contribution in [0, 0.1) is 0 Å². The lowest BCUT2D eigenvalue weighted by Crippen LogP contribution is -2.63. The van der Waals surface area contributed by atoms with Crippen LogP contribution in [0.1, 0.15) is 41.4 Å². The molecule has 6 rings (SSSR count). The molecule has 1 aliphatic rings. The third kappa shape index (κ3) is 9.73. The highest BCUT2D eigenvalue weighted by Crippen LogP contribution is 2.33. The van der Waals surface area contributed by atoms with Crippen LogP contribution in [-0.4, -0.2) is 71.5 Å². The highest BCUT2D eigenvalue weighted by Gasteiger charge is 2.54. The van der Waals surface area contributed by atoms with E-state index in [2.05, 4.69) is 4.98 Å². The number of carbonyl (C=O) groups excluding carboxylic acids is 5. The summed E-state index contributed by atoms with van der Waals surface area (Å²) in [7, 11) is 0. The molecule has 4 aromatic carbocycles. The van der Waals surface area contributed by atoms with Crippen molar-refractivity contribution in [2.45, 2.75) is 35.7 Å². The maximum Gasteiger partial charge on any atom is 0.376 e. The molecule has 0 saturated carbocycles. The maximum absolute atomic E-state index is 13.7. The molecule has 268 valence electrons. The predicted octanol–water partition coefficient (Wildman–Crippen LogP) is 6.57. The van der Waals surface area contributed by atoms with Crippen LogP contribution in [0.5, 0.6) is 0 Å². The smallest absolute Gasteiger partial charge is 0.376 e. The van der Waals surface area contributed by atoms with E-state index in [4.69, 9.17) is 28.4 Å². The Bertz CT molecular complexity index is 2000. The Morgan fingerprint density at radius 3 is 1.42 bits per heavy atom. The standard InChI is InChI=1S/C40H31NO11S/c42-35(26-15-5-1-6-16-26)47-25-30-32(49-36(43)27-17-7-2-8-18-27)33(50-37(44)28-19-9-3-10-20-28)34(51-38(45)29-21-11-4-12-22-29)39(48-30)52-40(46)53-31-23-13-14-24-41-31/h1-24,30,32-34,39H,25H2/t30-,32+,33+,34-,39+/m1/s1. The SMILES string of the molecule is O=C(O[C@@H]1O[C@H](COC(=O)c2ccccc2)[C@H](OC(=O)c2ccccc2)[C@H](OC(=O)c2ccccc2)[C@H]1OC(=O)c1ccccc1)Sc1ccccn1. The number of benzene rings is 4. The van der Waals surface area contributed by atoms with Gasteiger partial charge in [-0.2, -0.15) is 0 Å². The van der Waals surface area contributed by atoms with Crippen molar-refractivity contribution in [3.05, 3.63) is 168 Å². The van der Waals surface area contributed by atoms with Gasteiger partial charge in [0.15, 0.2) is 12.2 Å². The van der Waals surface area contributed by atoms with Crippen LogP contribution in [0.2, 0.25) is 0 Å². The second-order valence-corrected chi connectivity index (χ2v) is 12.3. The summed E-state index contributed by atoms with van der Waals surface area (Å²) in [6, 6.07) is 36.8. The molecule has 1 aromatic heterocycles. The number of hydrogen-bond donors (Lipinski definition) is 0. The van der Waals surface area contributed by atoms with Crippen molar-refractivity contribution in [3.63, 3.8) is 0 Å².